The number of anilines is 1. The number of thiocarbonyl (C=S) groups is 1. The summed E-state index contributed by atoms with van der Waals surface area (Å²) in [5.41, 5.74) is 5.71. The summed E-state index contributed by atoms with van der Waals surface area (Å²) >= 11 is 5.21. The molecule has 4 rings (SSSR count). The molecule has 0 amide bonds. The van der Waals surface area contributed by atoms with Crippen LogP contribution in [0.5, 0.6) is 0 Å². The highest BCUT2D eigenvalue weighted by Gasteiger charge is 2.14. The highest BCUT2D eigenvalue weighted by Crippen LogP contribution is 2.29. The van der Waals surface area contributed by atoms with Gasteiger partial charge in [-0.2, -0.15) is 0 Å². The van der Waals surface area contributed by atoms with E-state index in [0.717, 1.165) is 39.5 Å². The van der Waals surface area contributed by atoms with E-state index in [4.69, 9.17) is 27.3 Å². The minimum Gasteiger partial charge on any atom is -0.395 e. The standard InChI is InChI=1S/C19H18N6OS/c26-10-9-22-19(27)23-12-5-6-13-16(11-12)25-18(15-4-2-8-21-15)17(24-13)14-3-1-7-20-14/h1-8,11,20-21,26H,9-10H2,(H2,22,23,27). The van der Waals surface area contributed by atoms with E-state index in [1.54, 1.807) is 0 Å². The van der Waals surface area contributed by atoms with Crippen LogP contribution in [0.2, 0.25) is 0 Å². The van der Waals surface area contributed by atoms with Gasteiger partial charge in [0.15, 0.2) is 5.11 Å². The zero-order chi connectivity index (χ0) is 18.6. The smallest absolute Gasteiger partial charge is 0.170 e. The molecule has 5 N–H and O–H groups in total. The summed E-state index contributed by atoms with van der Waals surface area (Å²) in [6.45, 7) is 0.418. The number of H-pyrrole nitrogens is 2. The quantitative estimate of drug-likeness (QED) is 0.342. The number of nitrogens with one attached hydrogen (secondary N) is 4. The first kappa shape index (κ1) is 17.2. The van der Waals surface area contributed by atoms with Crippen LogP contribution < -0.4 is 10.6 Å². The maximum Gasteiger partial charge on any atom is 0.170 e. The van der Waals surface area contributed by atoms with E-state index >= 15 is 0 Å². The Morgan fingerprint density at radius 1 is 0.963 bits per heavy atom. The molecule has 0 aliphatic carbocycles. The van der Waals surface area contributed by atoms with Crippen molar-refractivity contribution in [3.05, 3.63) is 54.9 Å². The number of aliphatic hydroxyl groups is 1. The van der Waals surface area contributed by atoms with Crippen LogP contribution in [-0.2, 0) is 0 Å². The zero-order valence-electron chi connectivity index (χ0n) is 14.4. The predicted octanol–water partition coefficient (Wildman–Crippen LogP) is 2.90. The molecule has 136 valence electrons. The van der Waals surface area contributed by atoms with Gasteiger partial charge in [-0.05, 0) is 54.7 Å². The van der Waals surface area contributed by atoms with Gasteiger partial charge in [-0.15, -0.1) is 0 Å². The fraction of sp³-hybridized carbons (Fsp3) is 0.105. The first-order valence-corrected chi connectivity index (χ1v) is 8.90. The van der Waals surface area contributed by atoms with E-state index < -0.39 is 0 Å². The van der Waals surface area contributed by atoms with Gasteiger partial charge in [-0.1, -0.05) is 0 Å². The molecule has 0 radical (unpaired) electrons. The van der Waals surface area contributed by atoms with Crippen LogP contribution >= 0.6 is 12.2 Å². The lowest BCUT2D eigenvalue weighted by Gasteiger charge is -2.11. The molecule has 7 nitrogen and oxygen atoms in total. The van der Waals surface area contributed by atoms with E-state index in [-0.39, 0.29) is 6.61 Å². The molecule has 8 heteroatoms. The van der Waals surface area contributed by atoms with Crippen LogP contribution in [0.15, 0.2) is 54.9 Å². The van der Waals surface area contributed by atoms with Crippen molar-refractivity contribution in [2.75, 3.05) is 18.5 Å². The second-order valence-electron chi connectivity index (χ2n) is 5.90. The van der Waals surface area contributed by atoms with Crippen molar-refractivity contribution < 1.29 is 5.11 Å². The molecule has 0 aliphatic rings. The zero-order valence-corrected chi connectivity index (χ0v) is 15.2. The molecule has 0 saturated heterocycles. The molecule has 27 heavy (non-hydrogen) atoms. The van der Waals surface area contributed by atoms with Crippen molar-refractivity contribution in [2.24, 2.45) is 0 Å². The van der Waals surface area contributed by atoms with Crippen molar-refractivity contribution in [3.8, 4) is 22.8 Å². The third-order valence-corrected chi connectivity index (χ3v) is 4.27. The van der Waals surface area contributed by atoms with Gasteiger partial charge in [0, 0.05) is 24.6 Å². The Labute approximate surface area is 160 Å². The Hall–Kier alpha value is -3.23. The number of hydrogen-bond acceptors (Lipinski definition) is 4. The molecule has 4 aromatic rings. The number of aromatic nitrogens is 4. The van der Waals surface area contributed by atoms with Gasteiger partial charge >= 0.3 is 0 Å². The summed E-state index contributed by atoms with van der Waals surface area (Å²) in [7, 11) is 0. The summed E-state index contributed by atoms with van der Waals surface area (Å²) in [5, 5.41) is 15.3. The minimum absolute atomic E-state index is 0.0199. The van der Waals surface area contributed by atoms with E-state index in [2.05, 4.69) is 20.6 Å². The van der Waals surface area contributed by atoms with E-state index in [0.29, 0.717) is 11.7 Å². The monoisotopic (exact) mass is 378 g/mol. The fourth-order valence-electron chi connectivity index (χ4n) is 2.81. The van der Waals surface area contributed by atoms with Gasteiger partial charge in [0.2, 0.25) is 0 Å². The lowest BCUT2D eigenvalue weighted by atomic mass is 10.1. The fourth-order valence-corrected chi connectivity index (χ4v) is 3.03. The number of aromatic amines is 2. The first-order valence-electron chi connectivity index (χ1n) is 8.49. The van der Waals surface area contributed by atoms with Gasteiger partial charge in [-0.25, -0.2) is 9.97 Å². The number of rotatable bonds is 5. The molecular formula is C19H18N6OS. The van der Waals surface area contributed by atoms with E-state index in [1.165, 1.54) is 0 Å². The summed E-state index contributed by atoms with van der Waals surface area (Å²) in [4.78, 5) is 16.1. The average molecular weight is 378 g/mol. The number of fused-ring (bicyclic) bond motifs is 1. The largest absolute Gasteiger partial charge is 0.395 e. The predicted molar refractivity (Wildman–Crippen MR) is 110 cm³/mol. The van der Waals surface area contributed by atoms with Crippen LogP contribution in [0.3, 0.4) is 0 Å². The van der Waals surface area contributed by atoms with E-state index in [9.17, 15) is 0 Å². The van der Waals surface area contributed by atoms with Gasteiger partial charge < -0.3 is 25.7 Å². The maximum absolute atomic E-state index is 8.87. The Morgan fingerprint density at radius 2 is 1.63 bits per heavy atom. The molecule has 0 bridgehead atoms. The normalized spacial score (nSPS) is 10.9. The van der Waals surface area contributed by atoms with Gasteiger partial charge in [0.1, 0.15) is 11.4 Å². The highest BCUT2D eigenvalue weighted by molar-refractivity contribution is 7.80. The third-order valence-electron chi connectivity index (χ3n) is 4.03. The number of aliphatic hydroxyl groups excluding tert-OH is 1. The molecule has 3 heterocycles. The van der Waals surface area contributed by atoms with Gasteiger partial charge in [0.05, 0.1) is 29.0 Å². The molecule has 3 aromatic heterocycles. The summed E-state index contributed by atoms with van der Waals surface area (Å²) in [6, 6.07) is 13.5. The molecular weight excluding hydrogens is 360 g/mol. The molecule has 0 atom stereocenters. The van der Waals surface area contributed by atoms with Crippen molar-refractivity contribution >= 4 is 34.1 Å². The number of benzene rings is 1. The molecule has 0 unspecified atom stereocenters. The second-order valence-corrected chi connectivity index (χ2v) is 6.30. The van der Waals surface area contributed by atoms with Gasteiger partial charge in [-0.3, -0.25) is 0 Å². The minimum atomic E-state index is 0.0199. The van der Waals surface area contributed by atoms with E-state index in [1.807, 2.05) is 54.9 Å². The van der Waals surface area contributed by atoms with Crippen molar-refractivity contribution in [2.45, 2.75) is 0 Å². The van der Waals surface area contributed by atoms with Crippen LogP contribution in [0.4, 0.5) is 5.69 Å². The maximum atomic E-state index is 8.87. The first-order chi connectivity index (χ1) is 13.2. The topological polar surface area (TPSA) is 102 Å². The SMILES string of the molecule is OCCNC(=S)Nc1ccc2nc(-c3ccc[nH]3)c(-c3ccc[nH]3)nc2c1. The van der Waals surface area contributed by atoms with Crippen LogP contribution in [-0.4, -0.2) is 43.3 Å². The Bertz CT molecular complexity index is 1060. The summed E-state index contributed by atoms with van der Waals surface area (Å²) in [6.07, 6.45) is 3.73. The average Bonchev–Trinajstić information content (AvgIpc) is 3.39. The molecule has 0 saturated carbocycles. The Balaban J connectivity index is 1.76. The highest BCUT2D eigenvalue weighted by atomic mass is 32.1. The summed E-state index contributed by atoms with van der Waals surface area (Å²) < 4.78 is 0. The molecule has 0 fully saturated rings. The molecule has 0 aliphatic heterocycles. The lowest BCUT2D eigenvalue weighted by Crippen LogP contribution is -2.30. The number of hydrogen-bond donors (Lipinski definition) is 5. The van der Waals surface area contributed by atoms with Crippen LogP contribution in [0.25, 0.3) is 33.8 Å². The van der Waals surface area contributed by atoms with Crippen molar-refractivity contribution in [3.63, 3.8) is 0 Å². The van der Waals surface area contributed by atoms with Crippen LogP contribution in [0.1, 0.15) is 0 Å². The van der Waals surface area contributed by atoms with Crippen molar-refractivity contribution in [1.29, 1.82) is 0 Å². The van der Waals surface area contributed by atoms with Crippen LogP contribution in [0, 0.1) is 0 Å². The molecule has 1 aromatic carbocycles. The molecule has 0 spiro atoms. The Kier molecular flexibility index (Phi) is 4.82. The number of nitrogens with zero attached hydrogens (tertiary/aromatic N) is 2. The summed E-state index contributed by atoms with van der Waals surface area (Å²) in [5.74, 6) is 0. The second kappa shape index (κ2) is 7.56. The Morgan fingerprint density at radius 3 is 2.22 bits per heavy atom. The third kappa shape index (κ3) is 3.67. The van der Waals surface area contributed by atoms with Crippen molar-refractivity contribution in [1.82, 2.24) is 25.3 Å². The lowest BCUT2D eigenvalue weighted by molar-refractivity contribution is 0.301. The van der Waals surface area contributed by atoms with Gasteiger partial charge in [0.25, 0.3) is 0 Å².